The molecule has 0 aromatic heterocycles. The molecular weight excluding hydrogens is 475 g/mol. The Bertz CT molecular complexity index is 1120. The molecule has 10 heteroatoms. The maximum Gasteiger partial charge on any atom is 0.418 e. The van der Waals surface area contributed by atoms with Crippen LogP contribution < -0.4 is 15.4 Å². The molecule has 0 saturated carbocycles. The van der Waals surface area contributed by atoms with Gasteiger partial charge in [0.25, 0.3) is 5.91 Å². The van der Waals surface area contributed by atoms with E-state index in [1.807, 2.05) is 36.4 Å². The van der Waals surface area contributed by atoms with Gasteiger partial charge in [-0.2, -0.15) is 13.2 Å². The molecule has 0 bridgehead atoms. The second-order valence-electron chi connectivity index (χ2n) is 8.74. The van der Waals surface area contributed by atoms with Crippen molar-refractivity contribution in [3.05, 3.63) is 71.8 Å². The lowest BCUT2D eigenvalue weighted by Gasteiger charge is -2.41. The molecule has 4 rings (SSSR count). The second kappa shape index (κ2) is 11.1. The van der Waals surface area contributed by atoms with Crippen molar-refractivity contribution < 1.29 is 32.2 Å². The van der Waals surface area contributed by atoms with Crippen LogP contribution in [0.3, 0.4) is 0 Å². The number of benzene rings is 2. The van der Waals surface area contributed by atoms with Gasteiger partial charge in [0.05, 0.1) is 30.9 Å². The highest BCUT2D eigenvalue weighted by Gasteiger charge is 2.43. The van der Waals surface area contributed by atoms with Crippen molar-refractivity contribution in [1.82, 2.24) is 10.2 Å². The Hall–Kier alpha value is -3.37. The first kappa shape index (κ1) is 25.7. The Morgan fingerprint density at radius 2 is 1.86 bits per heavy atom. The zero-order valence-corrected chi connectivity index (χ0v) is 19.6. The Kier molecular flexibility index (Phi) is 7.95. The van der Waals surface area contributed by atoms with E-state index >= 15 is 0 Å². The van der Waals surface area contributed by atoms with Crippen molar-refractivity contribution in [2.45, 2.75) is 24.6 Å². The summed E-state index contributed by atoms with van der Waals surface area (Å²) in [5, 5.41) is 5.21. The average Bonchev–Trinajstić information content (AvgIpc) is 2.84. The normalized spacial score (nSPS) is 22.4. The molecule has 2 N–H and O–H groups in total. The highest BCUT2D eigenvalue weighted by atomic mass is 19.4. The van der Waals surface area contributed by atoms with E-state index < -0.39 is 23.2 Å². The first-order valence-electron chi connectivity index (χ1n) is 11.7. The lowest BCUT2D eigenvalue weighted by Crippen LogP contribution is -2.60. The molecule has 0 radical (unpaired) electrons. The number of allylic oxidation sites excluding steroid dienone is 1. The molecule has 1 saturated heterocycles. The molecule has 2 aromatic rings. The Morgan fingerprint density at radius 3 is 2.69 bits per heavy atom. The number of halogens is 3. The van der Waals surface area contributed by atoms with Gasteiger partial charge in [-0.15, -0.1) is 0 Å². The maximum atomic E-state index is 13.3. The molecule has 2 amide bonds. The van der Waals surface area contributed by atoms with E-state index in [-0.39, 0.29) is 50.9 Å². The van der Waals surface area contributed by atoms with Crippen LogP contribution in [0.2, 0.25) is 0 Å². The van der Waals surface area contributed by atoms with Crippen molar-refractivity contribution in [3.8, 4) is 5.75 Å². The van der Waals surface area contributed by atoms with E-state index in [9.17, 15) is 22.8 Å². The summed E-state index contributed by atoms with van der Waals surface area (Å²) < 4.78 is 51.6. The zero-order chi connectivity index (χ0) is 25.6. The summed E-state index contributed by atoms with van der Waals surface area (Å²) in [5.74, 6) is -0.153. The minimum atomic E-state index is -4.59. The number of para-hydroxylation sites is 2. The standard InChI is InChI=1S/C26H28F3N3O4/c27-26(28,29)20-9-2-3-10-21(20)31-23(33)17-32-14-16-36-25(18-32)12-6-5-8-19-7-1-4-11-22(19)35-15-13-30-24(25)34/h1-7,9-11H,8,12-18H2,(H,30,34)(H,31,33)/b6-5+. The third kappa shape index (κ3) is 6.24. The lowest BCUT2D eigenvalue weighted by atomic mass is 9.94. The Labute approximate surface area is 207 Å². The van der Waals surface area contributed by atoms with Crippen molar-refractivity contribution in [1.29, 1.82) is 0 Å². The fourth-order valence-corrected chi connectivity index (χ4v) is 4.36. The molecule has 2 aliphatic rings. The van der Waals surface area contributed by atoms with Crippen LogP contribution in [0, 0.1) is 0 Å². The molecule has 1 spiro atoms. The second-order valence-corrected chi connectivity index (χ2v) is 8.74. The van der Waals surface area contributed by atoms with Gasteiger partial charge in [0.2, 0.25) is 5.91 Å². The number of nitrogens with zero attached hydrogens (tertiary/aromatic N) is 1. The van der Waals surface area contributed by atoms with E-state index in [2.05, 4.69) is 10.6 Å². The fraction of sp³-hybridized carbons (Fsp3) is 0.385. The van der Waals surface area contributed by atoms with Crippen molar-refractivity contribution in [3.63, 3.8) is 0 Å². The van der Waals surface area contributed by atoms with Crippen LogP contribution in [-0.2, 0) is 26.9 Å². The van der Waals surface area contributed by atoms with Crippen molar-refractivity contribution in [2.24, 2.45) is 0 Å². The number of anilines is 1. The van der Waals surface area contributed by atoms with Gasteiger partial charge in [0.15, 0.2) is 5.60 Å². The minimum absolute atomic E-state index is 0.120. The molecule has 7 nitrogen and oxygen atoms in total. The summed E-state index contributed by atoms with van der Waals surface area (Å²) >= 11 is 0. The van der Waals surface area contributed by atoms with Crippen LogP contribution in [0.5, 0.6) is 5.75 Å². The predicted octanol–water partition coefficient (Wildman–Crippen LogP) is 3.41. The maximum absolute atomic E-state index is 13.3. The number of ether oxygens (including phenoxy) is 2. The minimum Gasteiger partial charge on any atom is -0.491 e. The molecule has 1 unspecified atom stereocenters. The summed E-state index contributed by atoms with van der Waals surface area (Å²) in [6, 6.07) is 12.5. The Morgan fingerprint density at radius 1 is 1.08 bits per heavy atom. The highest BCUT2D eigenvalue weighted by Crippen LogP contribution is 2.34. The highest BCUT2D eigenvalue weighted by molar-refractivity contribution is 5.93. The molecule has 1 atom stereocenters. The zero-order valence-electron chi connectivity index (χ0n) is 19.6. The number of alkyl halides is 3. The van der Waals surface area contributed by atoms with Crippen LogP contribution in [0.4, 0.5) is 18.9 Å². The van der Waals surface area contributed by atoms with Crippen LogP contribution in [0.15, 0.2) is 60.7 Å². The average molecular weight is 504 g/mol. The van der Waals surface area contributed by atoms with Gasteiger partial charge < -0.3 is 20.1 Å². The van der Waals surface area contributed by atoms with Gasteiger partial charge in [-0.3, -0.25) is 14.5 Å². The third-order valence-corrected chi connectivity index (χ3v) is 6.12. The first-order chi connectivity index (χ1) is 17.3. The monoisotopic (exact) mass is 503 g/mol. The summed E-state index contributed by atoms with van der Waals surface area (Å²) in [6.07, 6.45) is 0.147. The first-order valence-corrected chi connectivity index (χ1v) is 11.7. The molecule has 0 aliphatic carbocycles. The number of nitrogens with one attached hydrogen (secondary N) is 2. The van der Waals surface area contributed by atoms with Gasteiger partial charge >= 0.3 is 6.18 Å². The van der Waals surface area contributed by atoms with E-state index in [1.54, 1.807) is 4.90 Å². The summed E-state index contributed by atoms with van der Waals surface area (Å²) in [5.41, 5.74) is -1.41. The van der Waals surface area contributed by atoms with Crippen LogP contribution in [-0.4, -0.2) is 61.7 Å². The van der Waals surface area contributed by atoms with E-state index in [0.29, 0.717) is 13.0 Å². The van der Waals surface area contributed by atoms with Gasteiger partial charge in [-0.1, -0.05) is 42.5 Å². The molecule has 2 aliphatic heterocycles. The third-order valence-electron chi connectivity index (χ3n) is 6.12. The Balaban J connectivity index is 1.45. The molecule has 1 fully saturated rings. The largest absolute Gasteiger partial charge is 0.491 e. The lowest BCUT2D eigenvalue weighted by molar-refractivity contribution is -0.160. The van der Waals surface area contributed by atoms with E-state index in [4.69, 9.17) is 9.47 Å². The molecule has 2 aromatic carbocycles. The SMILES string of the molecule is O=C(CN1CCOC2(C/C=C/Cc3ccccc3OCCNC2=O)C1)Nc1ccccc1C(F)(F)F. The summed E-state index contributed by atoms with van der Waals surface area (Å²) in [7, 11) is 0. The number of hydrogen-bond donors (Lipinski definition) is 2. The van der Waals surface area contributed by atoms with Crippen LogP contribution in [0.25, 0.3) is 0 Å². The predicted molar refractivity (Wildman–Crippen MR) is 128 cm³/mol. The number of hydrogen-bond acceptors (Lipinski definition) is 5. The van der Waals surface area contributed by atoms with Crippen LogP contribution >= 0.6 is 0 Å². The smallest absolute Gasteiger partial charge is 0.418 e. The van der Waals surface area contributed by atoms with Crippen LogP contribution in [0.1, 0.15) is 17.5 Å². The molecular formula is C26H28F3N3O4. The topological polar surface area (TPSA) is 79.9 Å². The number of fused-ring (bicyclic) bond motifs is 1. The summed E-state index contributed by atoms with van der Waals surface area (Å²) in [6.45, 7) is 1.07. The number of morpholine rings is 1. The molecule has 36 heavy (non-hydrogen) atoms. The summed E-state index contributed by atoms with van der Waals surface area (Å²) in [4.78, 5) is 27.5. The van der Waals surface area contributed by atoms with Gasteiger partial charge in [0.1, 0.15) is 12.4 Å². The fourth-order valence-electron chi connectivity index (χ4n) is 4.36. The van der Waals surface area contributed by atoms with Crippen molar-refractivity contribution >= 4 is 17.5 Å². The van der Waals surface area contributed by atoms with E-state index in [1.165, 1.54) is 18.2 Å². The van der Waals surface area contributed by atoms with Gasteiger partial charge in [-0.25, -0.2) is 0 Å². The molecule has 2 heterocycles. The number of carbonyl (C=O) groups is 2. The van der Waals surface area contributed by atoms with Gasteiger partial charge in [0, 0.05) is 19.5 Å². The number of amides is 2. The van der Waals surface area contributed by atoms with E-state index in [0.717, 1.165) is 17.4 Å². The molecule has 192 valence electrons. The quantitative estimate of drug-likeness (QED) is 0.628. The van der Waals surface area contributed by atoms with Gasteiger partial charge in [-0.05, 0) is 30.2 Å². The van der Waals surface area contributed by atoms with Crippen molar-refractivity contribution in [2.75, 3.05) is 44.7 Å². The number of carbonyl (C=O) groups excluding carboxylic acids is 2. The number of rotatable bonds is 3.